The molecule has 162 valence electrons. The number of hydrogen-bond donors (Lipinski definition) is 2. The van der Waals surface area contributed by atoms with Gasteiger partial charge in [-0.25, -0.2) is 0 Å². The van der Waals surface area contributed by atoms with Gasteiger partial charge < -0.3 is 10.6 Å². The fourth-order valence-electron chi connectivity index (χ4n) is 3.03. The van der Waals surface area contributed by atoms with Crippen molar-refractivity contribution in [1.82, 2.24) is 15.5 Å². The Morgan fingerprint density at radius 3 is 2.17 bits per heavy atom. The van der Waals surface area contributed by atoms with Gasteiger partial charge in [-0.2, -0.15) is 13.2 Å². The molecule has 1 aromatic rings. The van der Waals surface area contributed by atoms with Gasteiger partial charge in [-0.1, -0.05) is 23.2 Å². The monoisotopic (exact) mass is 453 g/mol. The highest BCUT2D eigenvalue weighted by atomic mass is 35.5. The van der Waals surface area contributed by atoms with E-state index in [-0.39, 0.29) is 18.4 Å². The third kappa shape index (κ3) is 7.04. The molecule has 0 saturated carbocycles. The van der Waals surface area contributed by atoms with Crippen LogP contribution in [0, 0.1) is 5.92 Å². The third-order valence-corrected chi connectivity index (χ3v) is 5.35. The first-order valence-corrected chi connectivity index (χ1v) is 9.97. The zero-order valence-corrected chi connectivity index (χ0v) is 17.7. The molecule has 2 rings (SSSR count). The second kappa shape index (κ2) is 9.53. The van der Waals surface area contributed by atoms with E-state index in [9.17, 15) is 22.8 Å². The lowest BCUT2D eigenvalue weighted by atomic mass is 9.96. The number of carbonyl (C=O) groups excluding carboxylic acids is 2. The predicted octanol–water partition coefficient (Wildman–Crippen LogP) is 3.89. The number of amides is 2. The van der Waals surface area contributed by atoms with Gasteiger partial charge in [-0.05, 0) is 63.9 Å². The van der Waals surface area contributed by atoms with Crippen molar-refractivity contribution in [2.75, 3.05) is 26.2 Å². The van der Waals surface area contributed by atoms with Crippen molar-refractivity contribution in [3.8, 4) is 0 Å². The van der Waals surface area contributed by atoms with Crippen LogP contribution in [0.15, 0.2) is 18.2 Å². The van der Waals surface area contributed by atoms with Crippen molar-refractivity contribution >= 4 is 35.0 Å². The van der Waals surface area contributed by atoms with Crippen molar-refractivity contribution in [3.63, 3.8) is 0 Å². The highest BCUT2D eigenvalue weighted by molar-refractivity contribution is 6.35. The van der Waals surface area contributed by atoms with Crippen molar-refractivity contribution in [2.24, 2.45) is 5.92 Å². The number of piperidine rings is 1. The fourth-order valence-corrected chi connectivity index (χ4v) is 3.56. The molecule has 0 unspecified atom stereocenters. The summed E-state index contributed by atoms with van der Waals surface area (Å²) >= 11 is 11.8. The number of halogens is 5. The molecule has 29 heavy (non-hydrogen) atoms. The van der Waals surface area contributed by atoms with Crippen LogP contribution >= 0.6 is 23.2 Å². The van der Waals surface area contributed by atoms with E-state index in [0.717, 1.165) is 26.7 Å². The predicted molar refractivity (Wildman–Crippen MR) is 106 cm³/mol. The summed E-state index contributed by atoms with van der Waals surface area (Å²) in [6, 6.07) is 4.61. The van der Waals surface area contributed by atoms with Gasteiger partial charge in [-0.3, -0.25) is 14.5 Å². The molecule has 0 radical (unpaired) electrons. The van der Waals surface area contributed by atoms with Crippen LogP contribution in [-0.2, 0) is 4.79 Å². The number of hydrogen-bond acceptors (Lipinski definition) is 3. The Morgan fingerprint density at radius 1 is 1.10 bits per heavy atom. The van der Waals surface area contributed by atoms with Gasteiger partial charge in [0.1, 0.15) is 5.54 Å². The van der Waals surface area contributed by atoms with Crippen LogP contribution in [0.4, 0.5) is 13.2 Å². The van der Waals surface area contributed by atoms with Gasteiger partial charge in [-0.15, -0.1) is 0 Å². The summed E-state index contributed by atoms with van der Waals surface area (Å²) in [5.41, 5.74) is -1.89. The smallest absolute Gasteiger partial charge is 0.352 e. The number of benzene rings is 1. The van der Waals surface area contributed by atoms with E-state index in [1.165, 1.54) is 12.1 Å². The molecule has 1 saturated heterocycles. The molecule has 0 aromatic heterocycles. The van der Waals surface area contributed by atoms with E-state index in [4.69, 9.17) is 23.2 Å². The maximum atomic E-state index is 12.9. The van der Waals surface area contributed by atoms with Gasteiger partial charge in [0.2, 0.25) is 5.91 Å². The number of rotatable bonds is 6. The molecule has 1 aromatic carbocycles. The minimum absolute atomic E-state index is 0.0837. The lowest BCUT2D eigenvalue weighted by molar-refractivity contribution is -0.188. The van der Waals surface area contributed by atoms with Crippen molar-refractivity contribution in [2.45, 2.75) is 38.4 Å². The maximum Gasteiger partial charge on any atom is 0.410 e. The van der Waals surface area contributed by atoms with Crippen LogP contribution in [0.5, 0.6) is 0 Å². The second-order valence-corrected chi connectivity index (χ2v) is 8.63. The van der Waals surface area contributed by atoms with Gasteiger partial charge in [0.05, 0.1) is 6.54 Å². The zero-order valence-electron chi connectivity index (χ0n) is 16.2. The van der Waals surface area contributed by atoms with Crippen LogP contribution in [0.3, 0.4) is 0 Å². The van der Waals surface area contributed by atoms with Gasteiger partial charge >= 0.3 is 6.18 Å². The lowest BCUT2D eigenvalue weighted by Crippen LogP contribution is -2.56. The summed E-state index contributed by atoms with van der Waals surface area (Å²) in [7, 11) is 0. The SMILES string of the molecule is CC(C)(NC(=O)CN1CCC(CNC(=O)c2cc(Cl)cc(Cl)c2)CC1)C(F)(F)F. The number of carbonyl (C=O) groups is 2. The van der Waals surface area contributed by atoms with Crippen molar-refractivity contribution in [3.05, 3.63) is 33.8 Å². The number of alkyl halides is 3. The molecule has 2 N–H and O–H groups in total. The maximum absolute atomic E-state index is 12.9. The summed E-state index contributed by atoms with van der Waals surface area (Å²) in [5, 5.41) is 5.64. The molecule has 1 heterocycles. The van der Waals surface area contributed by atoms with Crippen LogP contribution < -0.4 is 10.6 Å². The molecule has 0 spiro atoms. The topological polar surface area (TPSA) is 61.4 Å². The zero-order chi connectivity index (χ0) is 21.8. The molecule has 1 aliphatic rings. The quantitative estimate of drug-likeness (QED) is 0.686. The van der Waals surface area contributed by atoms with Crippen LogP contribution in [0.2, 0.25) is 10.0 Å². The summed E-state index contributed by atoms with van der Waals surface area (Å²) in [5.74, 6) is -0.706. The molecule has 0 bridgehead atoms. The van der Waals surface area contributed by atoms with Crippen molar-refractivity contribution in [1.29, 1.82) is 0 Å². The molecular formula is C19H24Cl2F3N3O2. The minimum atomic E-state index is -4.51. The van der Waals surface area contributed by atoms with Crippen molar-refractivity contribution < 1.29 is 22.8 Å². The van der Waals surface area contributed by atoms with Crippen LogP contribution in [0.1, 0.15) is 37.0 Å². The Hall–Kier alpha value is -1.51. The van der Waals surface area contributed by atoms with E-state index >= 15 is 0 Å². The third-order valence-electron chi connectivity index (χ3n) is 4.91. The first-order valence-electron chi connectivity index (χ1n) is 9.22. The Balaban J connectivity index is 1.75. The summed E-state index contributed by atoms with van der Waals surface area (Å²) in [4.78, 5) is 26.0. The number of nitrogens with one attached hydrogen (secondary N) is 2. The molecule has 10 heteroatoms. The molecule has 5 nitrogen and oxygen atoms in total. The van der Waals surface area contributed by atoms with Crippen LogP contribution in [-0.4, -0.2) is 54.6 Å². The Kier molecular flexibility index (Phi) is 7.81. The number of likely N-dealkylation sites (tertiary alicyclic amines) is 1. The highest BCUT2D eigenvalue weighted by Crippen LogP contribution is 2.29. The standard InChI is InChI=1S/C19H24Cl2F3N3O2/c1-18(2,19(22,23)24)26-16(28)11-27-5-3-12(4-6-27)10-25-17(29)13-7-14(20)9-15(21)8-13/h7-9,12H,3-6,10-11H2,1-2H3,(H,25,29)(H,26,28). The molecular weight excluding hydrogens is 430 g/mol. The van der Waals surface area contributed by atoms with E-state index in [1.807, 2.05) is 10.2 Å². The average Bonchev–Trinajstić information content (AvgIpc) is 2.58. The van der Waals surface area contributed by atoms with E-state index < -0.39 is 17.6 Å². The summed E-state index contributed by atoms with van der Waals surface area (Å²) < 4.78 is 38.6. The first-order chi connectivity index (χ1) is 13.4. The van der Waals surface area contributed by atoms with Crippen LogP contribution in [0.25, 0.3) is 0 Å². The van der Waals surface area contributed by atoms with Gasteiger partial charge in [0.25, 0.3) is 5.91 Å². The van der Waals surface area contributed by atoms with Gasteiger partial charge in [0, 0.05) is 22.2 Å². The van der Waals surface area contributed by atoms with E-state index in [2.05, 4.69) is 5.32 Å². The molecule has 1 fully saturated rings. The largest absolute Gasteiger partial charge is 0.410 e. The molecule has 0 atom stereocenters. The second-order valence-electron chi connectivity index (χ2n) is 7.76. The molecule has 1 aliphatic heterocycles. The normalized spacial score (nSPS) is 16.5. The molecule has 0 aliphatic carbocycles. The highest BCUT2D eigenvalue weighted by Gasteiger charge is 2.48. The summed E-state index contributed by atoms with van der Waals surface area (Å²) in [6.45, 7) is 3.40. The van der Waals surface area contributed by atoms with Gasteiger partial charge in [0.15, 0.2) is 0 Å². The Labute approximate surface area is 177 Å². The Bertz CT molecular complexity index is 728. The van der Waals surface area contributed by atoms with E-state index in [0.29, 0.717) is 35.2 Å². The summed E-state index contributed by atoms with van der Waals surface area (Å²) in [6.07, 6.45) is -3.06. The van der Waals surface area contributed by atoms with E-state index in [1.54, 1.807) is 6.07 Å². The lowest BCUT2D eigenvalue weighted by Gasteiger charge is -2.33. The molecule has 2 amide bonds. The first kappa shape index (κ1) is 23.8. The number of nitrogens with zero attached hydrogens (tertiary/aromatic N) is 1. The fraction of sp³-hybridized carbons (Fsp3) is 0.579. The average molecular weight is 454 g/mol. The minimum Gasteiger partial charge on any atom is -0.352 e. The Morgan fingerprint density at radius 2 is 1.66 bits per heavy atom.